The van der Waals surface area contributed by atoms with Gasteiger partial charge in [0.2, 0.25) is 0 Å². The van der Waals surface area contributed by atoms with E-state index in [4.69, 9.17) is 0 Å². The second-order valence-corrected chi connectivity index (χ2v) is 7.22. The van der Waals surface area contributed by atoms with Crippen LogP contribution >= 0.6 is 15.9 Å². The van der Waals surface area contributed by atoms with Gasteiger partial charge in [-0.25, -0.2) is 0 Å². The summed E-state index contributed by atoms with van der Waals surface area (Å²) < 4.78 is 0. The molecule has 112 valence electrons. The molecule has 1 aromatic rings. The zero-order valence-corrected chi connectivity index (χ0v) is 13.4. The summed E-state index contributed by atoms with van der Waals surface area (Å²) in [6.07, 6.45) is 4.01. The third kappa shape index (κ3) is 2.57. The van der Waals surface area contributed by atoms with E-state index < -0.39 is 4.92 Å². The molecular weight excluding hydrogens is 336 g/mol. The molecule has 2 aliphatic heterocycles. The van der Waals surface area contributed by atoms with Gasteiger partial charge in [-0.3, -0.25) is 14.9 Å². The van der Waals surface area contributed by atoms with Crippen LogP contribution in [0.3, 0.4) is 0 Å². The molecule has 2 atom stereocenters. The molecule has 2 heterocycles. The fourth-order valence-electron chi connectivity index (χ4n) is 3.53. The Labute approximate surface area is 131 Å². The topological polar surface area (TPSA) is 63.5 Å². The van der Waals surface area contributed by atoms with Gasteiger partial charge in [0.1, 0.15) is 0 Å². The van der Waals surface area contributed by atoms with Gasteiger partial charge in [0.25, 0.3) is 11.6 Å². The van der Waals surface area contributed by atoms with Crippen molar-refractivity contribution in [3.63, 3.8) is 0 Å². The molecule has 2 fully saturated rings. The van der Waals surface area contributed by atoms with E-state index in [0.29, 0.717) is 16.0 Å². The number of aryl methyl sites for hydroxylation is 1. The van der Waals surface area contributed by atoms with Crippen LogP contribution in [0.15, 0.2) is 18.2 Å². The van der Waals surface area contributed by atoms with E-state index in [2.05, 4.69) is 15.9 Å². The number of amides is 1. The highest BCUT2D eigenvalue weighted by Crippen LogP contribution is 2.39. The molecule has 6 heteroatoms. The Morgan fingerprint density at radius 3 is 2.52 bits per heavy atom. The van der Waals surface area contributed by atoms with Crippen LogP contribution in [0.5, 0.6) is 0 Å². The normalized spacial score (nSPS) is 27.7. The Morgan fingerprint density at radius 1 is 1.33 bits per heavy atom. The Hall–Kier alpha value is -1.43. The summed E-state index contributed by atoms with van der Waals surface area (Å²) in [5.41, 5.74) is 1.03. The SMILES string of the molecule is Cc1ccc(C(=O)N2C3CCC2CC(Br)C3)cc1[N+](=O)[O-]. The number of nitrogens with zero attached hydrogens (tertiary/aromatic N) is 2. The molecule has 0 aliphatic carbocycles. The first-order valence-electron chi connectivity index (χ1n) is 7.19. The first-order valence-corrected chi connectivity index (χ1v) is 8.10. The molecule has 2 saturated heterocycles. The van der Waals surface area contributed by atoms with E-state index in [1.54, 1.807) is 19.1 Å². The zero-order chi connectivity index (χ0) is 15.1. The van der Waals surface area contributed by atoms with E-state index >= 15 is 0 Å². The van der Waals surface area contributed by atoms with Crippen LogP contribution in [0.25, 0.3) is 0 Å². The van der Waals surface area contributed by atoms with Crippen LogP contribution in [-0.2, 0) is 0 Å². The molecule has 5 nitrogen and oxygen atoms in total. The van der Waals surface area contributed by atoms with Crippen molar-refractivity contribution in [2.24, 2.45) is 0 Å². The molecule has 1 aromatic carbocycles. The fourth-order valence-corrected chi connectivity index (χ4v) is 4.39. The number of rotatable bonds is 2. The van der Waals surface area contributed by atoms with Gasteiger partial charge in [-0.05, 0) is 38.7 Å². The second-order valence-electron chi connectivity index (χ2n) is 5.92. The maximum atomic E-state index is 12.7. The largest absolute Gasteiger partial charge is 0.333 e. The number of carbonyl (C=O) groups excluding carboxylic acids is 1. The summed E-state index contributed by atoms with van der Waals surface area (Å²) in [6, 6.07) is 5.30. The van der Waals surface area contributed by atoms with Gasteiger partial charge < -0.3 is 4.90 Å². The number of benzene rings is 1. The van der Waals surface area contributed by atoms with E-state index in [-0.39, 0.29) is 23.7 Å². The molecule has 2 aliphatic rings. The third-order valence-electron chi connectivity index (χ3n) is 4.56. The van der Waals surface area contributed by atoms with Crippen LogP contribution in [0.2, 0.25) is 0 Å². The van der Waals surface area contributed by atoms with Crippen molar-refractivity contribution in [2.75, 3.05) is 0 Å². The molecule has 0 aromatic heterocycles. The molecule has 0 saturated carbocycles. The lowest BCUT2D eigenvalue weighted by Crippen LogP contribution is -2.46. The predicted molar refractivity (Wildman–Crippen MR) is 82.8 cm³/mol. The Balaban J connectivity index is 1.89. The molecule has 0 N–H and O–H groups in total. The number of halogens is 1. The first kappa shape index (κ1) is 14.5. The average Bonchev–Trinajstić information content (AvgIpc) is 2.70. The van der Waals surface area contributed by atoms with Crippen molar-refractivity contribution in [3.8, 4) is 0 Å². The number of hydrogen-bond donors (Lipinski definition) is 0. The molecule has 1 amide bonds. The summed E-state index contributed by atoms with van der Waals surface area (Å²) in [5, 5.41) is 11.0. The van der Waals surface area contributed by atoms with E-state index in [1.165, 1.54) is 6.07 Å². The average molecular weight is 353 g/mol. The monoisotopic (exact) mass is 352 g/mol. The van der Waals surface area contributed by atoms with Gasteiger partial charge in [0.15, 0.2) is 0 Å². The van der Waals surface area contributed by atoms with Crippen molar-refractivity contribution in [1.29, 1.82) is 0 Å². The van der Waals surface area contributed by atoms with Gasteiger partial charge in [-0.1, -0.05) is 22.0 Å². The Kier molecular flexibility index (Phi) is 3.73. The summed E-state index contributed by atoms with van der Waals surface area (Å²) >= 11 is 3.65. The van der Waals surface area contributed by atoms with Crippen molar-refractivity contribution >= 4 is 27.5 Å². The Morgan fingerprint density at radius 2 is 1.95 bits per heavy atom. The Bertz CT molecular complexity index is 591. The molecule has 3 rings (SSSR count). The second kappa shape index (κ2) is 5.40. The van der Waals surface area contributed by atoms with Gasteiger partial charge in [-0.2, -0.15) is 0 Å². The van der Waals surface area contributed by atoms with Crippen LogP contribution in [0.4, 0.5) is 5.69 Å². The molecule has 0 spiro atoms. The number of hydrogen-bond acceptors (Lipinski definition) is 3. The summed E-state index contributed by atoms with van der Waals surface area (Å²) in [7, 11) is 0. The van der Waals surface area contributed by atoms with E-state index in [0.717, 1.165) is 25.7 Å². The van der Waals surface area contributed by atoms with Crippen LogP contribution in [0, 0.1) is 17.0 Å². The van der Waals surface area contributed by atoms with E-state index in [1.807, 2.05) is 4.90 Å². The number of nitro groups is 1. The van der Waals surface area contributed by atoms with Crippen molar-refractivity contribution in [3.05, 3.63) is 39.4 Å². The molecule has 2 bridgehead atoms. The summed E-state index contributed by atoms with van der Waals surface area (Å²) in [5.74, 6) is -0.0648. The van der Waals surface area contributed by atoms with Crippen LogP contribution < -0.4 is 0 Å². The maximum Gasteiger partial charge on any atom is 0.273 e. The molecule has 0 radical (unpaired) electrons. The van der Waals surface area contributed by atoms with Crippen molar-refractivity contribution < 1.29 is 9.72 Å². The highest BCUT2D eigenvalue weighted by molar-refractivity contribution is 9.09. The van der Waals surface area contributed by atoms with Gasteiger partial charge in [0, 0.05) is 34.1 Å². The molecule has 21 heavy (non-hydrogen) atoms. The molecular formula is C15H17BrN2O3. The minimum atomic E-state index is -0.425. The number of piperidine rings is 1. The van der Waals surface area contributed by atoms with Gasteiger partial charge >= 0.3 is 0 Å². The minimum absolute atomic E-state index is 0.0172. The molecule has 2 unspecified atom stereocenters. The highest BCUT2D eigenvalue weighted by Gasteiger charge is 2.42. The lowest BCUT2D eigenvalue weighted by atomic mass is 10.0. The van der Waals surface area contributed by atoms with Crippen molar-refractivity contribution in [2.45, 2.75) is 49.5 Å². The number of carbonyl (C=O) groups is 1. The lowest BCUT2D eigenvalue weighted by molar-refractivity contribution is -0.385. The lowest BCUT2D eigenvalue weighted by Gasteiger charge is -2.37. The van der Waals surface area contributed by atoms with E-state index in [9.17, 15) is 14.9 Å². The quantitative estimate of drug-likeness (QED) is 0.465. The fraction of sp³-hybridized carbons (Fsp3) is 0.533. The standard InChI is InChI=1S/C15H17BrN2O3/c1-9-2-3-10(6-14(9)18(20)21)15(19)17-12-4-5-13(17)8-11(16)7-12/h2-3,6,11-13H,4-5,7-8H2,1H3. The smallest absolute Gasteiger partial charge is 0.273 e. The van der Waals surface area contributed by atoms with Crippen LogP contribution in [-0.4, -0.2) is 32.6 Å². The third-order valence-corrected chi connectivity index (χ3v) is 5.31. The first-order chi connectivity index (χ1) is 9.97. The summed E-state index contributed by atoms with van der Waals surface area (Å²) in [6.45, 7) is 1.69. The highest BCUT2D eigenvalue weighted by atomic mass is 79.9. The van der Waals surface area contributed by atoms with Gasteiger partial charge in [-0.15, -0.1) is 0 Å². The van der Waals surface area contributed by atoms with Crippen molar-refractivity contribution in [1.82, 2.24) is 4.90 Å². The number of nitro benzene ring substituents is 1. The van der Waals surface area contributed by atoms with Crippen LogP contribution in [0.1, 0.15) is 41.6 Å². The predicted octanol–water partition coefficient (Wildman–Crippen LogP) is 3.43. The van der Waals surface area contributed by atoms with Gasteiger partial charge in [0.05, 0.1) is 4.92 Å². The summed E-state index contributed by atoms with van der Waals surface area (Å²) in [4.78, 5) is 25.8. The number of fused-ring (bicyclic) bond motifs is 2. The maximum absolute atomic E-state index is 12.7. The number of alkyl halides is 1. The minimum Gasteiger partial charge on any atom is -0.333 e. The zero-order valence-electron chi connectivity index (χ0n) is 11.8.